The summed E-state index contributed by atoms with van der Waals surface area (Å²) in [6.45, 7) is 0. The van der Waals surface area contributed by atoms with Crippen molar-refractivity contribution in [3.05, 3.63) is 103 Å². The first-order valence-electron chi connectivity index (χ1n) is 13.0. The molecule has 3 aromatic heterocycles. The maximum absolute atomic E-state index is 4.99. The molecule has 0 spiro atoms. The molecule has 0 aliphatic carbocycles. The van der Waals surface area contributed by atoms with Crippen LogP contribution < -0.4 is 9.97 Å². The van der Waals surface area contributed by atoms with Crippen LogP contribution in [0.5, 0.6) is 0 Å². The van der Waals surface area contributed by atoms with E-state index in [0.29, 0.717) is 34.4 Å². The van der Waals surface area contributed by atoms with Crippen molar-refractivity contribution in [2.45, 2.75) is 0 Å². The molecule has 0 saturated heterocycles. The monoisotopic (exact) mass is 574 g/mol. The minimum Gasteiger partial charge on any atom is -0.435 e. The summed E-state index contributed by atoms with van der Waals surface area (Å²) >= 11 is 0. The fourth-order valence-electron chi connectivity index (χ4n) is 5.62. The average molecular weight is 575 g/mol. The number of rotatable bonds is 0. The molecular formula is C33H17CuN7. The standard InChI is InChI=1S/C33H17N7.Cu/c1-3-11-20-18(9-1)26-17-27-19-10-2-4-12-21(19)29(35-27)37-31-23-14-6-8-16-25(23)33(39-31)40-32-24-15-7-5-13-22(24)30(38-32)36-28(20)34-26;/h1-17H;/q-2;+2. The van der Waals surface area contributed by atoms with Crippen molar-refractivity contribution in [3.63, 3.8) is 0 Å². The third-order valence-electron chi connectivity index (χ3n) is 7.49. The summed E-state index contributed by atoms with van der Waals surface area (Å²) in [5.41, 5.74) is 7.15. The van der Waals surface area contributed by atoms with Crippen LogP contribution in [-0.4, -0.2) is 24.9 Å². The Kier molecular flexibility index (Phi) is 5.16. The van der Waals surface area contributed by atoms with E-state index in [2.05, 4.69) is 12.1 Å². The third-order valence-corrected chi connectivity index (χ3v) is 7.49. The second-order valence-corrected chi connectivity index (χ2v) is 9.82. The molecule has 0 amide bonds. The molecule has 0 atom stereocenters. The van der Waals surface area contributed by atoms with Crippen LogP contribution in [0.3, 0.4) is 0 Å². The smallest absolute Gasteiger partial charge is 0.435 e. The Balaban J connectivity index is 0.00000256. The summed E-state index contributed by atoms with van der Waals surface area (Å²) in [7, 11) is 0. The second kappa shape index (κ2) is 8.92. The quantitative estimate of drug-likeness (QED) is 0.185. The van der Waals surface area contributed by atoms with Gasteiger partial charge in [-0.1, -0.05) is 97.1 Å². The van der Waals surface area contributed by atoms with Crippen LogP contribution in [-0.2, 0) is 17.1 Å². The van der Waals surface area contributed by atoms with Crippen molar-refractivity contribution < 1.29 is 17.1 Å². The molecule has 7 nitrogen and oxygen atoms in total. The van der Waals surface area contributed by atoms with E-state index in [1.165, 1.54) is 0 Å². The first-order chi connectivity index (χ1) is 19.8. The molecule has 0 fully saturated rings. The van der Waals surface area contributed by atoms with Crippen LogP contribution in [0.25, 0.3) is 89.4 Å². The van der Waals surface area contributed by atoms with Gasteiger partial charge in [0.05, 0.1) is 23.2 Å². The first-order valence-corrected chi connectivity index (χ1v) is 13.0. The van der Waals surface area contributed by atoms with E-state index >= 15 is 0 Å². The molecule has 2 aliphatic rings. The molecule has 0 N–H and O–H groups in total. The normalized spacial score (nSPS) is 11.7. The molecule has 0 unspecified atom stereocenters. The minimum atomic E-state index is 0. The van der Waals surface area contributed by atoms with Gasteiger partial charge in [-0.05, 0) is 38.8 Å². The van der Waals surface area contributed by atoms with E-state index in [0.717, 1.165) is 55.0 Å². The molecule has 2 aliphatic heterocycles. The van der Waals surface area contributed by atoms with Gasteiger partial charge in [0, 0.05) is 33.5 Å². The van der Waals surface area contributed by atoms with Crippen molar-refractivity contribution in [2.75, 3.05) is 0 Å². The zero-order valence-corrected chi connectivity index (χ0v) is 22.2. The van der Waals surface area contributed by atoms with Gasteiger partial charge in [-0.2, -0.15) is 0 Å². The van der Waals surface area contributed by atoms with Gasteiger partial charge in [-0.25, -0.2) is 9.97 Å². The number of hydrogen-bond acceptors (Lipinski definition) is 5. The Morgan fingerprint density at radius 1 is 0.390 bits per heavy atom. The van der Waals surface area contributed by atoms with Crippen LogP contribution in [0.1, 0.15) is 0 Å². The van der Waals surface area contributed by atoms with Gasteiger partial charge < -0.3 is 24.9 Å². The Morgan fingerprint density at radius 3 is 1.39 bits per heavy atom. The number of hydrogen-bond donors (Lipinski definition) is 0. The largest absolute Gasteiger partial charge is 2.00 e. The van der Waals surface area contributed by atoms with Crippen LogP contribution in [0.2, 0.25) is 0 Å². The summed E-state index contributed by atoms with van der Waals surface area (Å²) in [6, 6.07) is 34.3. The Morgan fingerprint density at radius 2 is 0.805 bits per heavy atom. The Labute approximate surface area is 243 Å². The molecule has 5 heterocycles. The SMILES string of the molecule is [Cu+2].c1ccc2c(c1)-c1cc3[n-]c(nc4nc(nc5[n-]c(nc-2n1)c1ccccc51)-c1ccccc1-4)c1ccccc31. The summed E-state index contributed by atoms with van der Waals surface area (Å²) in [5, 5.41) is 3.78. The predicted octanol–water partition coefficient (Wildman–Crippen LogP) is 6.73. The topological polar surface area (TPSA) is 92.7 Å². The van der Waals surface area contributed by atoms with Crippen LogP contribution >= 0.6 is 0 Å². The van der Waals surface area contributed by atoms with Gasteiger partial charge in [-0.15, -0.1) is 0 Å². The van der Waals surface area contributed by atoms with Gasteiger partial charge in [0.15, 0.2) is 0 Å². The van der Waals surface area contributed by atoms with Gasteiger partial charge in [0.25, 0.3) is 0 Å². The van der Waals surface area contributed by atoms with Crippen molar-refractivity contribution in [1.82, 2.24) is 34.9 Å². The maximum atomic E-state index is 4.99. The van der Waals surface area contributed by atoms with Gasteiger partial charge in [0.2, 0.25) is 0 Å². The second-order valence-electron chi connectivity index (χ2n) is 9.82. The van der Waals surface area contributed by atoms with Crippen molar-refractivity contribution >= 4 is 44.0 Å². The van der Waals surface area contributed by atoms with E-state index in [1.54, 1.807) is 0 Å². The minimum absolute atomic E-state index is 0. The van der Waals surface area contributed by atoms with Crippen molar-refractivity contribution in [3.8, 4) is 45.4 Å². The predicted molar refractivity (Wildman–Crippen MR) is 156 cm³/mol. The maximum Gasteiger partial charge on any atom is 2.00 e. The van der Waals surface area contributed by atoms with Gasteiger partial charge >= 0.3 is 17.1 Å². The number of aromatic nitrogens is 7. The molecule has 41 heavy (non-hydrogen) atoms. The summed E-state index contributed by atoms with van der Waals surface area (Å²) in [5.74, 6) is 1.76. The molecular weight excluding hydrogens is 558 g/mol. The fourth-order valence-corrected chi connectivity index (χ4v) is 5.62. The number of benzene rings is 4. The van der Waals surface area contributed by atoms with Gasteiger partial charge in [0.1, 0.15) is 0 Å². The van der Waals surface area contributed by atoms with E-state index < -0.39 is 0 Å². The fraction of sp³-hybridized carbons (Fsp3) is 0. The van der Waals surface area contributed by atoms with E-state index in [4.69, 9.17) is 34.9 Å². The van der Waals surface area contributed by atoms with E-state index in [-0.39, 0.29) is 17.1 Å². The van der Waals surface area contributed by atoms with E-state index in [1.807, 2.05) is 91.0 Å². The molecule has 1 radical (unpaired) electrons. The van der Waals surface area contributed by atoms with E-state index in [9.17, 15) is 0 Å². The number of nitrogens with zero attached hydrogens (tertiary/aromatic N) is 7. The molecule has 8 bridgehead atoms. The summed E-state index contributed by atoms with van der Waals surface area (Å²) < 4.78 is 0. The molecule has 7 aromatic rings. The third kappa shape index (κ3) is 3.55. The molecule has 195 valence electrons. The van der Waals surface area contributed by atoms with Crippen LogP contribution in [0.15, 0.2) is 103 Å². The molecule has 9 rings (SSSR count). The summed E-state index contributed by atoms with van der Waals surface area (Å²) in [6.07, 6.45) is 0. The zero-order valence-electron chi connectivity index (χ0n) is 21.2. The van der Waals surface area contributed by atoms with Crippen molar-refractivity contribution in [1.29, 1.82) is 0 Å². The van der Waals surface area contributed by atoms with Crippen molar-refractivity contribution in [2.24, 2.45) is 0 Å². The summed E-state index contributed by atoms with van der Waals surface area (Å²) in [4.78, 5) is 34.7. The Hall–Kier alpha value is -5.17. The first kappa shape index (κ1) is 23.7. The Bertz CT molecular complexity index is 2030. The molecule has 0 saturated carbocycles. The van der Waals surface area contributed by atoms with Gasteiger partial charge in [-0.3, -0.25) is 0 Å². The average Bonchev–Trinajstić information content (AvgIpc) is 3.73. The van der Waals surface area contributed by atoms with Crippen LogP contribution in [0, 0.1) is 0 Å². The van der Waals surface area contributed by atoms with Crippen LogP contribution in [0.4, 0.5) is 0 Å². The zero-order chi connectivity index (χ0) is 26.2. The molecule has 4 aromatic carbocycles. The number of fused-ring (bicyclic) bond motifs is 20. The molecule has 8 heteroatoms.